The second kappa shape index (κ2) is 8.86. The fourth-order valence-corrected chi connectivity index (χ4v) is 1.81. The zero-order valence-electron chi connectivity index (χ0n) is 10.4. The van der Waals surface area contributed by atoms with Gasteiger partial charge in [-0.05, 0) is 41.8 Å². The molecule has 2 nitrogen and oxygen atoms in total. The van der Waals surface area contributed by atoms with E-state index in [0.29, 0.717) is 18.5 Å². The molecule has 0 unspecified atom stereocenters. The van der Waals surface area contributed by atoms with Gasteiger partial charge in [-0.15, -0.1) is 24.8 Å². The van der Waals surface area contributed by atoms with Crippen molar-refractivity contribution < 1.29 is 4.39 Å². The van der Waals surface area contributed by atoms with Gasteiger partial charge in [0, 0.05) is 18.8 Å². The first-order valence-corrected chi connectivity index (χ1v) is 5.66. The van der Waals surface area contributed by atoms with E-state index >= 15 is 0 Å². The van der Waals surface area contributed by atoms with Crippen molar-refractivity contribution in [2.24, 2.45) is 5.73 Å². The molecule has 0 bridgehead atoms. The van der Waals surface area contributed by atoms with Crippen LogP contribution >= 0.6 is 24.8 Å². The van der Waals surface area contributed by atoms with E-state index in [-0.39, 0.29) is 30.6 Å². The number of benzene rings is 1. The van der Waals surface area contributed by atoms with Crippen molar-refractivity contribution >= 4 is 24.8 Å². The Morgan fingerprint density at radius 2 is 1.89 bits per heavy atom. The van der Waals surface area contributed by atoms with Gasteiger partial charge in [-0.25, -0.2) is 4.39 Å². The van der Waals surface area contributed by atoms with Gasteiger partial charge >= 0.3 is 0 Å². The van der Waals surface area contributed by atoms with Crippen LogP contribution < -0.4 is 5.73 Å². The highest BCUT2D eigenvalue weighted by atomic mass is 35.5. The summed E-state index contributed by atoms with van der Waals surface area (Å²) in [4.78, 5) is 4.03. The van der Waals surface area contributed by atoms with Crippen molar-refractivity contribution in [2.75, 3.05) is 6.54 Å². The predicted molar refractivity (Wildman–Crippen MR) is 80.7 cm³/mol. The summed E-state index contributed by atoms with van der Waals surface area (Å²) in [5.41, 5.74) is 8.28. The lowest BCUT2D eigenvalue weighted by Gasteiger charge is -2.06. The van der Waals surface area contributed by atoms with Gasteiger partial charge in [0.2, 0.25) is 0 Å². The van der Waals surface area contributed by atoms with E-state index in [1.165, 1.54) is 6.07 Å². The highest BCUT2D eigenvalue weighted by Crippen LogP contribution is 2.15. The van der Waals surface area contributed by atoms with Crippen molar-refractivity contribution in [3.05, 3.63) is 65.2 Å². The molecule has 0 amide bonds. The molecule has 0 aliphatic carbocycles. The average molecular weight is 303 g/mol. The van der Waals surface area contributed by atoms with Crippen LogP contribution in [0.15, 0.2) is 42.7 Å². The topological polar surface area (TPSA) is 38.9 Å². The first-order valence-electron chi connectivity index (χ1n) is 5.66. The zero-order valence-corrected chi connectivity index (χ0v) is 12.0. The maximum atomic E-state index is 13.6. The van der Waals surface area contributed by atoms with E-state index in [9.17, 15) is 4.39 Å². The fourth-order valence-electron chi connectivity index (χ4n) is 1.81. The second-order valence-corrected chi connectivity index (χ2v) is 4.00. The number of hydrogen-bond acceptors (Lipinski definition) is 2. The summed E-state index contributed by atoms with van der Waals surface area (Å²) in [7, 11) is 0. The van der Waals surface area contributed by atoms with Crippen LogP contribution in [0.1, 0.15) is 16.7 Å². The number of nitrogens with two attached hydrogens (primary N) is 1. The van der Waals surface area contributed by atoms with Gasteiger partial charge in [0.15, 0.2) is 0 Å². The molecule has 1 heterocycles. The lowest BCUT2D eigenvalue weighted by Crippen LogP contribution is -2.04. The summed E-state index contributed by atoms with van der Waals surface area (Å²) < 4.78 is 13.6. The molecule has 5 heteroatoms. The van der Waals surface area contributed by atoms with Crippen LogP contribution in [0.5, 0.6) is 0 Å². The quantitative estimate of drug-likeness (QED) is 0.942. The first-order chi connectivity index (χ1) is 8.29. The monoisotopic (exact) mass is 302 g/mol. The number of rotatable bonds is 4. The summed E-state index contributed by atoms with van der Waals surface area (Å²) in [5, 5.41) is 0. The lowest BCUT2D eigenvalue weighted by molar-refractivity contribution is 0.613. The molecule has 0 fully saturated rings. The Morgan fingerprint density at radius 1 is 1.11 bits per heavy atom. The van der Waals surface area contributed by atoms with Crippen molar-refractivity contribution in [2.45, 2.75) is 12.8 Å². The van der Waals surface area contributed by atoms with Crippen LogP contribution in [-0.2, 0) is 12.8 Å². The van der Waals surface area contributed by atoms with Gasteiger partial charge in [0.25, 0.3) is 0 Å². The molecule has 0 saturated carbocycles. The average Bonchev–Trinajstić information content (AvgIpc) is 2.35. The normalized spacial score (nSPS) is 9.37. The number of hydrogen-bond donors (Lipinski definition) is 1. The molecule has 0 aliphatic heterocycles. The third-order valence-electron chi connectivity index (χ3n) is 2.66. The minimum Gasteiger partial charge on any atom is -0.330 e. The molecular formula is C14H17Cl2FN2. The molecule has 19 heavy (non-hydrogen) atoms. The van der Waals surface area contributed by atoms with Crippen LogP contribution in [0, 0.1) is 5.82 Å². The molecule has 0 atom stereocenters. The van der Waals surface area contributed by atoms with Crippen molar-refractivity contribution in [3.8, 4) is 0 Å². The highest BCUT2D eigenvalue weighted by Gasteiger charge is 2.04. The van der Waals surface area contributed by atoms with Crippen LogP contribution in [0.2, 0.25) is 0 Å². The third-order valence-corrected chi connectivity index (χ3v) is 2.66. The van der Waals surface area contributed by atoms with Crippen molar-refractivity contribution in [1.82, 2.24) is 4.98 Å². The van der Waals surface area contributed by atoms with Gasteiger partial charge in [-0.3, -0.25) is 4.98 Å². The van der Waals surface area contributed by atoms with E-state index in [0.717, 1.165) is 17.5 Å². The first kappa shape index (κ1) is 17.8. The standard InChI is InChI=1S/C14H15FN2.2ClH/c15-14-4-3-11(5-6-16)8-13(14)9-12-2-1-7-17-10-12;;/h1-4,7-8,10H,5-6,9,16H2;2*1H. The molecule has 0 saturated heterocycles. The van der Waals surface area contributed by atoms with E-state index in [4.69, 9.17) is 5.73 Å². The summed E-state index contributed by atoms with van der Waals surface area (Å²) in [5.74, 6) is -0.172. The second-order valence-electron chi connectivity index (χ2n) is 4.00. The van der Waals surface area contributed by atoms with Crippen molar-refractivity contribution in [3.63, 3.8) is 0 Å². The molecule has 0 radical (unpaired) electrons. The molecule has 2 aromatic rings. The number of pyridine rings is 1. The summed E-state index contributed by atoms with van der Waals surface area (Å²) in [6, 6.07) is 8.99. The molecule has 1 aromatic heterocycles. The Labute approximate surface area is 125 Å². The number of aromatic nitrogens is 1. The lowest BCUT2D eigenvalue weighted by atomic mass is 10.0. The minimum absolute atomic E-state index is 0. The van der Waals surface area contributed by atoms with E-state index < -0.39 is 0 Å². The van der Waals surface area contributed by atoms with Gasteiger partial charge in [-0.1, -0.05) is 18.2 Å². The molecule has 0 spiro atoms. The van der Waals surface area contributed by atoms with Gasteiger partial charge in [0.05, 0.1) is 0 Å². The summed E-state index contributed by atoms with van der Waals surface area (Å²) >= 11 is 0. The minimum atomic E-state index is -0.172. The fraction of sp³-hybridized carbons (Fsp3) is 0.214. The Balaban J connectivity index is 0.00000162. The molecular weight excluding hydrogens is 286 g/mol. The van der Waals surface area contributed by atoms with Crippen LogP contribution in [0.4, 0.5) is 4.39 Å². The molecule has 2 N–H and O–H groups in total. The maximum Gasteiger partial charge on any atom is 0.126 e. The van der Waals surface area contributed by atoms with Gasteiger partial charge in [0.1, 0.15) is 5.82 Å². The number of halogens is 3. The Hall–Kier alpha value is -1.16. The smallest absolute Gasteiger partial charge is 0.126 e. The van der Waals surface area contributed by atoms with Crippen molar-refractivity contribution in [1.29, 1.82) is 0 Å². The molecule has 104 valence electrons. The largest absolute Gasteiger partial charge is 0.330 e. The Kier molecular flexibility index (Phi) is 8.32. The zero-order chi connectivity index (χ0) is 12.1. The van der Waals surface area contributed by atoms with E-state index in [1.54, 1.807) is 18.5 Å². The predicted octanol–water partition coefficient (Wildman–Crippen LogP) is 3.16. The van der Waals surface area contributed by atoms with Crippen LogP contribution in [0.3, 0.4) is 0 Å². The Morgan fingerprint density at radius 3 is 2.53 bits per heavy atom. The summed E-state index contributed by atoms with van der Waals surface area (Å²) in [6.45, 7) is 0.581. The van der Waals surface area contributed by atoms with E-state index in [1.807, 2.05) is 18.2 Å². The number of nitrogens with zero attached hydrogens (tertiary/aromatic N) is 1. The molecule has 2 rings (SSSR count). The highest BCUT2D eigenvalue weighted by molar-refractivity contribution is 5.85. The SMILES string of the molecule is Cl.Cl.NCCc1ccc(F)c(Cc2cccnc2)c1. The van der Waals surface area contributed by atoms with Gasteiger partial charge in [-0.2, -0.15) is 0 Å². The maximum absolute atomic E-state index is 13.6. The third kappa shape index (κ3) is 5.15. The molecule has 1 aromatic carbocycles. The Bertz CT molecular complexity index is 492. The van der Waals surface area contributed by atoms with Gasteiger partial charge < -0.3 is 5.73 Å². The van der Waals surface area contributed by atoms with E-state index in [2.05, 4.69) is 4.98 Å². The summed E-state index contributed by atoms with van der Waals surface area (Å²) in [6.07, 6.45) is 4.82. The molecule has 0 aliphatic rings. The van der Waals surface area contributed by atoms with Crippen LogP contribution in [-0.4, -0.2) is 11.5 Å². The van der Waals surface area contributed by atoms with Crippen LogP contribution in [0.25, 0.3) is 0 Å².